The van der Waals surface area contributed by atoms with Crippen molar-refractivity contribution in [1.82, 2.24) is 9.97 Å². The van der Waals surface area contributed by atoms with Gasteiger partial charge in [-0.25, -0.2) is 13.8 Å². The van der Waals surface area contributed by atoms with Gasteiger partial charge >= 0.3 is 0 Å². The van der Waals surface area contributed by atoms with Gasteiger partial charge in [-0.2, -0.15) is 0 Å². The van der Waals surface area contributed by atoms with E-state index in [2.05, 4.69) is 9.97 Å². The molecule has 2 nitrogen and oxygen atoms in total. The van der Waals surface area contributed by atoms with Gasteiger partial charge in [-0.1, -0.05) is 34.8 Å². The van der Waals surface area contributed by atoms with Crippen LogP contribution in [0.2, 0.25) is 5.02 Å². The summed E-state index contributed by atoms with van der Waals surface area (Å²) in [5, 5.41) is -0.243. The van der Waals surface area contributed by atoms with Crippen LogP contribution in [0.5, 0.6) is 0 Å². The SMILES string of the molecule is CC(Cl)(Cl)c1nc2c(F)cc(F)c(Cl)c2[nH]1. The van der Waals surface area contributed by atoms with E-state index in [9.17, 15) is 8.78 Å². The zero-order chi connectivity index (χ0) is 12.1. The van der Waals surface area contributed by atoms with Crippen LogP contribution < -0.4 is 0 Å². The lowest BCUT2D eigenvalue weighted by Gasteiger charge is -2.07. The van der Waals surface area contributed by atoms with Gasteiger partial charge in [-0.05, 0) is 6.92 Å². The molecular weight excluding hydrogens is 280 g/mol. The molecule has 0 saturated carbocycles. The summed E-state index contributed by atoms with van der Waals surface area (Å²) in [6.07, 6.45) is 0. The molecule has 0 aliphatic heterocycles. The van der Waals surface area contributed by atoms with Gasteiger partial charge in [0.15, 0.2) is 10.2 Å². The Balaban J connectivity index is 2.80. The van der Waals surface area contributed by atoms with Crippen molar-refractivity contribution in [2.45, 2.75) is 11.3 Å². The Bertz CT molecular complexity index is 560. The third-order valence-corrected chi connectivity index (χ3v) is 2.76. The Hall–Kier alpha value is -0.580. The lowest BCUT2D eigenvalue weighted by molar-refractivity contribution is 0.591. The molecule has 1 aromatic carbocycles. The summed E-state index contributed by atoms with van der Waals surface area (Å²) in [7, 11) is 0. The lowest BCUT2D eigenvalue weighted by atomic mass is 10.3. The molecule has 0 bridgehead atoms. The average Bonchev–Trinajstić information content (AvgIpc) is 2.58. The summed E-state index contributed by atoms with van der Waals surface area (Å²) < 4.78 is 25.2. The van der Waals surface area contributed by atoms with E-state index in [4.69, 9.17) is 34.8 Å². The van der Waals surface area contributed by atoms with Crippen molar-refractivity contribution >= 4 is 45.8 Å². The fourth-order valence-electron chi connectivity index (χ4n) is 1.28. The largest absolute Gasteiger partial charge is 0.338 e. The molecular formula is C9H5Cl3F2N2. The fourth-order valence-corrected chi connectivity index (χ4v) is 1.65. The molecule has 2 aromatic rings. The van der Waals surface area contributed by atoms with Crippen molar-refractivity contribution in [3.8, 4) is 0 Å². The molecule has 0 amide bonds. The van der Waals surface area contributed by atoms with Crippen molar-refractivity contribution in [3.63, 3.8) is 0 Å². The quantitative estimate of drug-likeness (QED) is 0.619. The lowest BCUT2D eigenvalue weighted by Crippen LogP contribution is -2.05. The van der Waals surface area contributed by atoms with Crippen LogP contribution in [0.3, 0.4) is 0 Å². The van der Waals surface area contributed by atoms with Crippen LogP contribution in [0, 0.1) is 11.6 Å². The van der Waals surface area contributed by atoms with E-state index in [0.717, 1.165) is 0 Å². The molecule has 0 fully saturated rings. The molecule has 7 heteroatoms. The van der Waals surface area contributed by atoms with Gasteiger partial charge in [-0.3, -0.25) is 0 Å². The second-order valence-electron chi connectivity index (χ2n) is 3.35. The third kappa shape index (κ3) is 1.85. The minimum atomic E-state index is -1.33. The topological polar surface area (TPSA) is 28.7 Å². The summed E-state index contributed by atoms with van der Waals surface area (Å²) in [6.45, 7) is 1.45. The molecule has 1 heterocycles. The normalized spacial score (nSPS) is 12.4. The van der Waals surface area contributed by atoms with Gasteiger partial charge in [0.2, 0.25) is 0 Å². The summed E-state index contributed by atoms with van der Waals surface area (Å²) >= 11 is 17.2. The van der Waals surface area contributed by atoms with Crippen molar-refractivity contribution < 1.29 is 8.78 Å². The maximum atomic E-state index is 13.4. The number of imidazole rings is 1. The van der Waals surface area contributed by atoms with Gasteiger partial charge < -0.3 is 4.98 Å². The summed E-state index contributed by atoms with van der Waals surface area (Å²) in [6, 6.07) is 0.662. The molecule has 2 rings (SSSR count). The second-order valence-corrected chi connectivity index (χ2v) is 5.43. The van der Waals surface area contributed by atoms with Gasteiger partial charge in [-0.15, -0.1) is 0 Å². The Morgan fingerprint density at radius 3 is 2.50 bits per heavy atom. The number of halogens is 5. The van der Waals surface area contributed by atoms with E-state index in [1.165, 1.54) is 6.92 Å². The Labute approximate surface area is 105 Å². The van der Waals surface area contributed by atoms with E-state index < -0.39 is 16.0 Å². The zero-order valence-electron chi connectivity index (χ0n) is 7.91. The second kappa shape index (κ2) is 3.72. The Morgan fingerprint density at radius 1 is 1.31 bits per heavy atom. The molecule has 0 aliphatic carbocycles. The number of fused-ring (bicyclic) bond motifs is 1. The van der Waals surface area contributed by atoms with Crippen LogP contribution >= 0.6 is 34.8 Å². The number of hydrogen-bond acceptors (Lipinski definition) is 1. The monoisotopic (exact) mass is 284 g/mol. The highest BCUT2D eigenvalue weighted by Gasteiger charge is 2.26. The van der Waals surface area contributed by atoms with Crippen LogP contribution in [0.4, 0.5) is 8.78 Å². The standard InChI is InChI=1S/C9H5Cl3F2N2/c1-9(11,12)8-15-6-4(14)2-3(13)5(10)7(6)16-8/h2H,1H3,(H,15,16). The van der Waals surface area contributed by atoms with Crippen LogP contribution in [-0.2, 0) is 4.33 Å². The van der Waals surface area contributed by atoms with E-state index in [1.54, 1.807) is 0 Å². The maximum absolute atomic E-state index is 13.4. The van der Waals surface area contributed by atoms with Gasteiger partial charge in [0, 0.05) is 6.07 Å². The van der Waals surface area contributed by atoms with E-state index in [0.29, 0.717) is 6.07 Å². The number of H-pyrrole nitrogens is 1. The van der Waals surface area contributed by atoms with E-state index in [1.807, 2.05) is 0 Å². The van der Waals surface area contributed by atoms with Crippen LogP contribution in [0.1, 0.15) is 12.7 Å². The average molecular weight is 286 g/mol. The minimum absolute atomic E-state index is 0.0432. The third-order valence-electron chi connectivity index (χ3n) is 2.03. The minimum Gasteiger partial charge on any atom is -0.338 e. The van der Waals surface area contributed by atoms with Crippen LogP contribution in [0.25, 0.3) is 11.0 Å². The number of alkyl halides is 2. The number of aromatic amines is 1. The first kappa shape index (κ1) is 11.9. The molecule has 1 N–H and O–H groups in total. The number of aromatic nitrogens is 2. The maximum Gasteiger partial charge on any atom is 0.172 e. The summed E-state index contributed by atoms with van der Waals surface area (Å²) in [4.78, 5) is 6.44. The van der Waals surface area contributed by atoms with Gasteiger partial charge in [0.05, 0.1) is 5.52 Å². The van der Waals surface area contributed by atoms with Crippen molar-refractivity contribution in [3.05, 3.63) is 28.5 Å². The van der Waals surface area contributed by atoms with E-state index in [-0.39, 0.29) is 21.9 Å². The van der Waals surface area contributed by atoms with Crippen LogP contribution in [0.15, 0.2) is 6.07 Å². The molecule has 0 aliphatic rings. The van der Waals surface area contributed by atoms with Crippen molar-refractivity contribution in [1.29, 1.82) is 0 Å². The number of benzene rings is 1. The molecule has 0 radical (unpaired) electrons. The predicted molar refractivity (Wildman–Crippen MR) is 60.1 cm³/mol. The van der Waals surface area contributed by atoms with Gasteiger partial charge in [0.1, 0.15) is 22.2 Å². The number of nitrogens with zero attached hydrogens (tertiary/aromatic N) is 1. The highest BCUT2D eigenvalue weighted by atomic mass is 35.5. The first-order valence-corrected chi connectivity index (χ1v) is 5.35. The van der Waals surface area contributed by atoms with E-state index >= 15 is 0 Å². The van der Waals surface area contributed by atoms with Crippen LogP contribution in [-0.4, -0.2) is 9.97 Å². The summed E-state index contributed by atoms with van der Waals surface area (Å²) in [5.74, 6) is -1.58. The molecule has 0 saturated heterocycles. The number of hydrogen-bond donors (Lipinski definition) is 1. The molecule has 0 spiro atoms. The number of nitrogens with one attached hydrogen (secondary N) is 1. The van der Waals surface area contributed by atoms with Gasteiger partial charge in [0.25, 0.3) is 0 Å². The van der Waals surface area contributed by atoms with Crippen molar-refractivity contribution in [2.24, 2.45) is 0 Å². The zero-order valence-corrected chi connectivity index (χ0v) is 10.2. The highest BCUT2D eigenvalue weighted by molar-refractivity contribution is 6.47. The first-order valence-electron chi connectivity index (χ1n) is 4.22. The molecule has 86 valence electrons. The summed E-state index contributed by atoms with van der Waals surface area (Å²) in [5.41, 5.74) is -0.0457. The molecule has 1 aromatic heterocycles. The molecule has 0 unspecified atom stereocenters. The Morgan fingerprint density at radius 2 is 1.94 bits per heavy atom. The molecule has 16 heavy (non-hydrogen) atoms. The fraction of sp³-hybridized carbons (Fsp3) is 0.222. The smallest absolute Gasteiger partial charge is 0.172 e. The highest BCUT2D eigenvalue weighted by Crippen LogP contribution is 2.34. The molecule has 0 atom stereocenters. The van der Waals surface area contributed by atoms with Crippen molar-refractivity contribution in [2.75, 3.05) is 0 Å². The first-order chi connectivity index (χ1) is 7.30. The number of rotatable bonds is 1. The Kier molecular flexibility index (Phi) is 2.77. The predicted octanol–water partition coefficient (Wildman–Crippen LogP) is 4.14.